The number of aryl methyl sites for hydroxylation is 1. The van der Waals surface area contributed by atoms with E-state index >= 15 is 0 Å². The maximum absolute atomic E-state index is 12.7. The van der Waals surface area contributed by atoms with Gasteiger partial charge in [-0.1, -0.05) is 0 Å². The molecule has 1 heterocycles. The zero-order chi connectivity index (χ0) is 15.5. The number of thioether (sulfide) groups is 1. The van der Waals surface area contributed by atoms with Gasteiger partial charge < -0.3 is 5.32 Å². The van der Waals surface area contributed by atoms with Gasteiger partial charge in [-0.3, -0.25) is 0 Å². The summed E-state index contributed by atoms with van der Waals surface area (Å²) in [6.07, 6.45) is 4.90. The first-order valence-corrected chi connectivity index (χ1v) is 10.1. The topological polar surface area (TPSA) is 49.4 Å². The van der Waals surface area contributed by atoms with Crippen LogP contribution in [0.1, 0.15) is 25.3 Å². The van der Waals surface area contributed by atoms with Gasteiger partial charge in [0.05, 0.1) is 4.90 Å². The van der Waals surface area contributed by atoms with Gasteiger partial charge in [0.1, 0.15) is 0 Å². The van der Waals surface area contributed by atoms with Crippen LogP contribution in [0.4, 0.5) is 5.69 Å². The Kier molecular flexibility index (Phi) is 5.57. The Morgan fingerprint density at radius 2 is 2.19 bits per heavy atom. The SMILES string of the molecule is CSCCC(C)N(C)S(=O)(=O)c1ccc2c(c1)CCCN2. The van der Waals surface area contributed by atoms with E-state index in [1.54, 1.807) is 24.9 Å². The molecule has 1 aliphatic heterocycles. The van der Waals surface area contributed by atoms with E-state index < -0.39 is 10.0 Å². The fourth-order valence-corrected chi connectivity index (χ4v) is 4.50. The lowest BCUT2D eigenvalue weighted by Gasteiger charge is -2.25. The third-order valence-electron chi connectivity index (χ3n) is 4.05. The third kappa shape index (κ3) is 3.73. The van der Waals surface area contributed by atoms with Crippen molar-refractivity contribution in [2.45, 2.75) is 37.1 Å². The minimum absolute atomic E-state index is 0.0107. The molecule has 6 heteroatoms. The Labute approximate surface area is 132 Å². The van der Waals surface area contributed by atoms with Gasteiger partial charge in [0.15, 0.2) is 0 Å². The Morgan fingerprint density at radius 1 is 1.43 bits per heavy atom. The van der Waals surface area contributed by atoms with Crippen molar-refractivity contribution < 1.29 is 8.42 Å². The monoisotopic (exact) mass is 328 g/mol. The minimum Gasteiger partial charge on any atom is -0.385 e. The predicted octanol–water partition coefficient (Wildman–Crippen LogP) is 2.81. The summed E-state index contributed by atoms with van der Waals surface area (Å²) >= 11 is 1.74. The highest BCUT2D eigenvalue weighted by Gasteiger charge is 2.26. The van der Waals surface area contributed by atoms with Crippen molar-refractivity contribution in [3.05, 3.63) is 23.8 Å². The quantitative estimate of drug-likeness (QED) is 0.872. The largest absolute Gasteiger partial charge is 0.385 e. The van der Waals surface area contributed by atoms with Gasteiger partial charge in [-0.25, -0.2) is 8.42 Å². The normalized spacial score (nSPS) is 16.4. The van der Waals surface area contributed by atoms with Crippen LogP contribution in [0, 0.1) is 0 Å². The number of nitrogens with zero attached hydrogens (tertiary/aromatic N) is 1. The van der Waals surface area contributed by atoms with E-state index in [0.717, 1.165) is 42.8 Å². The fourth-order valence-electron chi connectivity index (χ4n) is 2.49. The number of hydrogen-bond donors (Lipinski definition) is 1. The van der Waals surface area contributed by atoms with E-state index in [1.807, 2.05) is 25.3 Å². The molecule has 0 spiro atoms. The van der Waals surface area contributed by atoms with Crippen molar-refractivity contribution in [1.29, 1.82) is 0 Å². The Bertz CT molecular complexity index is 587. The van der Waals surface area contributed by atoms with Crippen LogP contribution >= 0.6 is 11.8 Å². The summed E-state index contributed by atoms with van der Waals surface area (Å²) in [5.41, 5.74) is 2.17. The molecule has 4 nitrogen and oxygen atoms in total. The van der Waals surface area contributed by atoms with Gasteiger partial charge in [0, 0.05) is 25.3 Å². The van der Waals surface area contributed by atoms with Crippen molar-refractivity contribution in [3.8, 4) is 0 Å². The van der Waals surface area contributed by atoms with E-state index in [1.165, 1.54) is 4.31 Å². The summed E-state index contributed by atoms with van der Waals surface area (Å²) in [4.78, 5) is 0.406. The molecule has 1 aromatic rings. The van der Waals surface area contributed by atoms with Crippen molar-refractivity contribution in [3.63, 3.8) is 0 Å². The smallest absolute Gasteiger partial charge is 0.243 e. The highest BCUT2D eigenvalue weighted by Crippen LogP contribution is 2.27. The number of nitrogens with one attached hydrogen (secondary N) is 1. The van der Waals surface area contributed by atoms with Crippen LogP contribution in [0.5, 0.6) is 0 Å². The molecule has 0 saturated heterocycles. The molecule has 0 aromatic heterocycles. The third-order valence-corrected chi connectivity index (χ3v) is 6.66. The highest BCUT2D eigenvalue weighted by molar-refractivity contribution is 7.98. The van der Waals surface area contributed by atoms with Gasteiger partial charge in [-0.2, -0.15) is 16.1 Å². The molecule has 21 heavy (non-hydrogen) atoms. The molecule has 1 N–H and O–H groups in total. The van der Waals surface area contributed by atoms with Gasteiger partial charge in [0.25, 0.3) is 0 Å². The number of fused-ring (bicyclic) bond motifs is 1. The molecule has 1 unspecified atom stereocenters. The lowest BCUT2D eigenvalue weighted by atomic mass is 10.0. The van der Waals surface area contributed by atoms with Gasteiger partial charge in [-0.05, 0) is 62.0 Å². The van der Waals surface area contributed by atoms with Crippen molar-refractivity contribution in [2.75, 3.05) is 30.9 Å². The van der Waals surface area contributed by atoms with Gasteiger partial charge in [-0.15, -0.1) is 0 Å². The Hall–Kier alpha value is -0.720. The molecular formula is C15H24N2O2S2. The van der Waals surface area contributed by atoms with Crippen molar-refractivity contribution in [2.24, 2.45) is 0 Å². The number of benzene rings is 1. The van der Waals surface area contributed by atoms with E-state index in [0.29, 0.717) is 4.90 Å². The first-order valence-electron chi connectivity index (χ1n) is 7.30. The Balaban J connectivity index is 2.22. The van der Waals surface area contributed by atoms with E-state index in [4.69, 9.17) is 0 Å². The lowest BCUT2D eigenvalue weighted by molar-refractivity contribution is 0.382. The van der Waals surface area contributed by atoms with Gasteiger partial charge in [0.2, 0.25) is 10.0 Å². The average Bonchev–Trinajstić information content (AvgIpc) is 2.51. The number of sulfonamides is 1. The maximum Gasteiger partial charge on any atom is 0.243 e. The second kappa shape index (κ2) is 7.03. The molecule has 0 fully saturated rings. The standard InChI is InChI=1S/C15H24N2O2S2/c1-12(8-10-20-3)17(2)21(18,19)14-6-7-15-13(11-14)5-4-9-16-15/h6-7,11-12,16H,4-5,8-10H2,1-3H3. The fraction of sp³-hybridized carbons (Fsp3) is 0.600. The summed E-state index contributed by atoms with van der Waals surface area (Å²) in [5, 5.41) is 3.31. The van der Waals surface area contributed by atoms with E-state index in [2.05, 4.69) is 5.32 Å². The molecule has 118 valence electrons. The average molecular weight is 329 g/mol. The number of hydrogen-bond acceptors (Lipinski definition) is 4. The van der Waals surface area contributed by atoms with Crippen LogP contribution in [0.15, 0.2) is 23.1 Å². The maximum atomic E-state index is 12.7. The first kappa shape index (κ1) is 16.6. The zero-order valence-corrected chi connectivity index (χ0v) is 14.6. The molecule has 0 amide bonds. The molecule has 2 rings (SSSR count). The summed E-state index contributed by atoms with van der Waals surface area (Å²) in [7, 11) is -1.73. The Morgan fingerprint density at radius 3 is 2.90 bits per heavy atom. The number of anilines is 1. The van der Waals surface area contributed by atoms with Crippen LogP contribution < -0.4 is 5.32 Å². The molecule has 1 atom stereocenters. The number of rotatable bonds is 6. The van der Waals surface area contributed by atoms with Crippen molar-refractivity contribution >= 4 is 27.5 Å². The molecule has 0 radical (unpaired) electrons. The molecular weight excluding hydrogens is 304 g/mol. The molecule has 0 bridgehead atoms. The summed E-state index contributed by atoms with van der Waals surface area (Å²) < 4.78 is 26.9. The van der Waals surface area contributed by atoms with Crippen molar-refractivity contribution in [1.82, 2.24) is 4.31 Å². The summed E-state index contributed by atoms with van der Waals surface area (Å²) in [5.74, 6) is 0.967. The molecule has 0 saturated carbocycles. The lowest BCUT2D eigenvalue weighted by Crippen LogP contribution is -2.35. The molecule has 0 aliphatic carbocycles. The van der Waals surface area contributed by atoms with E-state index in [9.17, 15) is 8.42 Å². The minimum atomic E-state index is -3.41. The van der Waals surface area contributed by atoms with Crippen LogP contribution in [0.2, 0.25) is 0 Å². The van der Waals surface area contributed by atoms with Crippen LogP contribution in [0.3, 0.4) is 0 Å². The second-order valence-corrected chi connectivity index (χ2v) is 8.48. The van der Waals surface area contributed by atoms with Crippen LogP contribution in [0.25, 0.3) is 0 Å². The zero-order valence-electron chi connectivity index (χ0n) is 12.9. The summed E-state index contributed by atoms with van der Waals surface area (Å²) in [6, 6.07) is 5.44. The molecule has 1 aliphatic rings. The van der Waals surface area contributed by atoms with Crippen LogP contribution in [-0.4, -0.2) is 44.4 Å². The molecule has 1 aromatic carbocycles. The second-order valence-electron chi connectivity index (χ2n) is 5.50. The van der Waals surface area contributed by atoms with E-state index in [-0.39, 0.29) is 6.04 Å². The highest BCUT2D eigenvalue weighted by atomic mass is 32.2. The van der Waals surface area contributed by atoms with Gasteiger partial charge >= 0.3 is 0 Å². The van der Waals surface area contributed by atoms with Crippen LogP contribution in [-0.2, 0) is 16.4 Å². The summed E-state index contributed by atoms with van der Waals surface area (Å²) in [6.45, 7) is 2.93. The predicted molar refractivity (Wildman–Crippen MR) is 90.7 cm³/mol. The first-order chi connectivity index (χ1) is 9.96.